The number of amides is 2. The second kappa shape index (κ2) is 9.14. The van der Waals surface area contributed by atoms with Gasteiger partial charge in [0.05, 0.1) is 29.0 Å². The average Bonchev–Trinajstić information content (AvgIpc) is 3.08. The summed E-state index contributed by atoms with van der Waals surface area (Å²) in [5.41, 5.74) is 5.56. The van der Waals surface area contributed by atoms with Crippen molar-refractivity contribution in [2.45, 2.75) is 26.6 Å². The van der Waals surface area contributed by atoms with Crippen LogP contribution in [-0.4, -0.2) is 26.6 Å². The van der Waals surface area contributed by atoms with Gasteiger partial charge in [0.1, 0.15) is 5.69 Å². The van der Waals surface area contributed by atoms with Gasteiger partial charge in [0.2, 0.25) is 0 Å². The van der Waals surface area contributed by atoms with Crippen LogP contribution in [0.1, 0.15) is 43.4 Å². The quantitative estimate of drug-likeness (QED) is 0.358. The van der Waals surface area contributed by atoms with Gasteiger partial charge in [-0.3, -0.25) is 14.3 Å². The number of nitrogens with zero attached hydrogens (tertiary/aromatic N) is 3. The highest BCUT2D eigenvalue weighted by molar-refractivity contribution is 9.10. The Morgan fingerprint density at radius 3 is 2.51 bits per heavy atom. The molecule has 0 saturated heterocycles. The third kappa shape index (κ3) is 5.04. The number of primary amides is 1. The monoisotopic (exact) mass is 545 g/mol. The molecule has 2 aromatic carbocycles. The van der Waals surface area contributed by atoms with Crippen LogP contribution in [-0.2, 0) is 12.7 Å². The van der Waals surface area contributed by atoms with Gasteiger partial charge in [-0.1, -0.05) is 45.8 Å². The van der Waals surface area contributed by atoms with Crippen LogP contribution in [0.25, 0.3) is 10.9 Å². The lowest BCUT2D eigenvalue weighted by Gasteiger charge is -2.12. The zero-order valence-electron chi connectivity index (χ0n) is 18.6. The Bertz CT molecular complexity index is 1480. The van der Waals surface area contributed by atoms with E-state index < -0.39 is 29.4 Å². The normalized spacial score (nSPS) is 11.6. The van der Waals surface area contributed by atoms with Crippen LogP contribution in [0, 0.1) is 13.8 Å². The Balaban J connectivity index is 1.79. The minimum absolute atomic E-state index is 0.0518. The van der Waals surface area contributed by atoms with Crippen molar-refractivity contribution in [3.8, 4) is 0 Å². The largest absolute Gasteiger partial charge is 0.437 e. The van der Waals surface area contributed by atoms with Gasteiger partial charge in [0.25, 0.3) is 11.8 Å². The molecule has 2 heterocycles. The number of carbonyl (C=O) groups is 2. The van der Waals surface area contributed by atoms with Crippen molar-refractivity contribution < 1.29 is 22.8 Å². The molecule has 0 unspecified atom stereocenters. The second-order valence-corrected chi connectivity index (χ2v) is 8.90. The van der Waals surface area contributed by atoms with Crippen molar-refractivity contribution in [1.29, 1.82) is 0 Å². The molecule has 2 aromatic heterocycles. The standard InChI is InChI=1S/C24H19BrF3N5O2/c1-12-4-3-5-14(8-12)11-33-13(2)20(21(32-33)24(26,27)28)31-23(35)17-10-19(22(29)34)30-18-7-6-15(25)9-16(17)18/h3-10H,11H2,1-2H3,(H2,29,34)(H,31,35). The number of rotatable bonds is 5. The molecule has 0 aliphatic heterocycles. The number of pyridine rings is 1. The summed E-state index contributed by atoms with van der Waals surface area (Å²) in [4.78, 5) is 29.1. The van der Waals surface area contributed by atoms with Gasteiger partial charge < -0.3 is 11.1 Å². The Morgan fingerprint density at radius 2 is 1.86 bits per heavy atom. The lowest BCUT2D eigenvalue weighted by molar-refractivity contribution is -0.140. The lowest BCUT2D eigenvalue weighted by atomic mass is 10.1. The molecule has 7 nitrogen and oxygen atoms in total. The van der Waals surface area contributed by atoms with E-state index in [-0.39, 0.29) is 29.0 Å². The summed E-state index contributed by atoms with van der Waals surface area (Å²) in [6.45, 7) is 3.41. The molecule has 0 bridgehead atoms. The van der Waals surface area contributed by atoms with Crippen LogP contribution in [0.3, 0.4) is 0 Å². The Labute approximate surface area is 206 Å². The van der Waals surface area contributed by atoms with Crippen molar-refractivity contribution in [3.05, 3.63) is 86.8 Å². The molecular formula is C24H19BrF3N5O2. The highest BCUT2D eigenvalue weighted by atomic mass is 79.9. The molecule has 35 heavy (non-hydrogen) atoms. The number of anilines is 1. The van der Waals surface area contributed by atoms with Gasteiger partial charge in [-0.15, -0.1) is 0 Å². The van der Waals surface area contributed by atoms with Gasteiger partial charge in [-0.25, -0.2) is 4.98 Å². The Kier molecular flexibility index (Phi) is 6.37. The van der Waals surface area contributed by atoms with Gasteiger partial charge in [0, 0.05) is 9.86 Å². The molecule has 180 valence electrons. The topological polar surface area (TPSA) is 103 Å². The number of halogens is 4. The number of nitrogens with one attached hydrogen (secondary N) is 1. The molecule has 0 fully saturated rings. The summed E-state index contributed by atoms with van der Waals surface area (Å²) >= 11 is 3.31. The van der Waals surface area contributed by atoms with Crippen LogP contribution < -0.4 is 11.1 Å². The molecule has 11 heteroatoms. The molecule has 4 rings (SSSR count). The summed E-state index contributed by atoms with van der Waals surface area (Å²) < 4.78 is 43.4. The smallest absolute Gasteiger partial charge is 0.364 e. The maximum absolute atomic E-state index is 13.9. The predicted molar refractivity (Wildman–Crippen MR) is 128 cm³/mol. The fraction of sp³-hybridized carbons (Fsp3) is 0.167. The molecule has 0 aliphatic carbocycles. The van der Waals surface area contributed by atoms with Crippen LogP contribution in [0.15, 0.2) is 53.0 Å². The zero-order valence-corrected chi connectivity index (χ0v) is 20.2. The molecule has 2 amide bonds. The van der Waals surface area contributed by atoms with E-state index in [9.17, 15) is 22.8 Å². The first-order valence-corrected chi connectivity index (χ1v) is 11.1. The average molecular weight is 546 g/mol. The van der Waals surface area contributed by atoms with E-state index >= 15 is 0 Å². The Hall–Kier alpha value is -3.73. The van der Waals surface area contributed by atoms with Crippen molar-refractivity contribution >= 4 is 44.3 Å². The minimum Gasteiger partial charge on any atom is -0.364 e. The number of benzene rings is 2. The first-order chi connectivity index (χ1) is 16.4. The van der Waals surface area contributed by atoms with Crippen molar-refractivity contribution in [2.75, 3.05) is 5.32 Å². The van der Waals surface area contributed by atoms with E-state index in [1.54, 1.807) is 30.3 Å². The third-order valence-corrected chi connectivity index (χ3v) is 5.89. The van der Waals surface area contributed by atoms with Crippen LogP contribution in [0.5, 0.6) is 0 Å². The second-order valence-electron chi connectivity index (χ2n) is 7.99. The first-order valence-electron chi connectivity index (χ1n) is 10.4. The van der Waals surface area contributed by atoms with Crippen molar-refractivity contribution in [1.82, 2.24) is 14.8 Å². The number of carbonyl (C=O) groups excluding carboxylic acids is 2. The molecule has 0 spiro atoms. The number of nitrogens with two attached hydrogens (primary N) is 1. The van der Waals surface area contributed by atoms with E-state index in [2.05, 4.69) is 31.3 Å². The number of alkyl halides is 3. The van der Waals surface area contributed by atoms with Gasteiger partial charge >= 0.3 is 6.18 Å². The molecule has 0 saturated carbocycles. The van der Waals surface area contributed by atoms with Gasteiger partial charge in [0.15, 0.2) is 5.69 Å². The number of aromatic nitrogens is 3. The van der Waals surface area contributed by atoms with Gasteiger partial charge in [-0.05, 0) is 43.7 Å². The highest BCUT2D eigenvalue weighted by Crippen LogP contribution is 2.36. The maximum atomic E-state index is 13.9. The number of fused-ring (bicyclic) bond motifs is 1. The summed E-state index contributed by atoms with van der Waals surface area (Å²) in [7, 11) is 0. The predicted octanol–water partition coefficient (Wildman–Crippen LogP) is 5.23. The first kappa shape index (κ1) is 24.4. The molecule has 0 radical (unpaired) electrons. The molecule has 3 N–H and O–H groups in total. The van der Waals surface area contributed by atoms with Crippen LogP contribution >= 0.6 is 15.9 Å². The van der Waals surface area contributed by atoms with Crippen LogP contribution in [0.4, 0.5) is 18.9 Å². The molecule has 0 atom stereocenters. The van der Waals surface area contributed by atoms with E-state index in [0.29, 0.717) is 9.86 Å². The highest BCUT2D eigenvalue weighted by Gasteiger charge is 2.39. The zero-order chi connectivity index (χ0) is 25.5. The third-order valence-electron chi connectivity index (χ3n) is 5.40. The van der Waals surface area contributed by atoms with E-state index in [0.717, 1.165) is 17.2 Å². The number of aryl methyl sites for hydroxylation is 1. The Morgan fingerprint density at radius 1 is 1.11 bits per heavy atom. The van der Waals surface area contributed by atoms with Gasteiger partial charge in [-0.2, -0.15) is 18.3 Å². The summed E-state index contributed by atoms with van der Waals surface area (Å²) in [6.07, 6.45) is -4.81. The van der Waals surface area contributed by atoms with E-state index in [1.165, 1.54) is 11.6 Å². The molecule has 4 aromatic rings. The fourth-order valence-electron chi connectivity index (χ4n) is 3.72. The molecule has 0 aliphatic rings. The number of hydrogen-bond donors (Lipinski definition) is 2. The van der Waals surface area contributed by atoms with Crippen molar-refractivity contribution in [3.63, 3.8) is 0 Å². The van der Waals surface area contributed by atoms with Crippen LogP contribution in [0.2, 0.25) is 0 Å². The van der Waals surface area contributed by atoms with E-state index in [1.807, 2.05) is 19.1 Å². The van der Waals surface area contributed by atoms with E-state index in [4.69, 9.17) is 5.73 Å². The summed E-state index contributed by atoms with van der Waals surface area (Å²) in [6, 6.07) is 13.3. The number of hydrogen-bond acceptors (Lipinski definition) is 4. The summed E-state index contributed by atoms with van der Waals surface area (Å²) in [5.74, 6) is -1.73. The minimum atomic E-state index is -4.81. The lowest BCUT2D eigenvalue weighted by Crippen LogP contribution is -2.19. The maximum Gasteiger partial charge on any atom is 0.437 e. The molecular weight excluding hydrogens is 527 g/mol. The van der Waals surface area contributed by atoms with Crippen molar-refractivity contribution in [2.24, 2.45) is 5.73 Å². The SMILES string of the molecule is Cc1cccc(Cn2nc(C(F)(F)F)c(NC(=O)c3cc(C(N)=O)nc4ccc(Br)cc34)c2C)c1. The summed E-state index contributed by atoms with van der Waals surface area (Å²) in [5, 5.41) is 6.45. The fourth-order valence-corrected chi connectivity index (χ4v) is 4.09.